The number of aryl methyl sites for hydroxylation is 1. The topological polar surface area (TPSA) is 154 Å². The summed E-state index contributed by atoms with van der Waals surface area (Å²) < 4.78 is 55.0. The van der Waals surface area contributed by atoms with E-state index in [9.17, 15) is 27.9 Å². The molecule has 13 heteroatoms. The van der Waals surface area contributed by atoms with E-state index in [0.29, 0.717) is 51.8 Å². The number of ether oxygens (including phenoxy) is 2. The summed E-state index contributed by atoms with van der Waals surface area (Å²) in [6.45, 7) is 3.04. The van der Waals surface area contributed by atoms with Crippen molar-refractivity contribution in [3.63, 3.8) is 0 Å². The molecule has 0 fully saturated rings. The molecule has 2 aliphatic heterocycles. The summed E-state index contributed by atoms with van der Waals surface area (Å²) >= 11 is 0. The van der Waals surface area contributed by atoms with Crippen LogP contribution in [0, 0.1) is 12.7 Å². The molecular weight excluding hydrogens is 557 g/mol. The lowest BCUT2D eigenvalue weighted by Gasteiger charge is -2.31. The van der Waals surface area contributed by atoms with Crippen LogP contribution in [0.1, 0.15) is 65.6 Å². The number of fused-ring (bicyclic) bond motifs is 5. The van der Waals surface area contributed by atoms with E-state index in [-0.39, 0.29) is 37.1 Å². The van der Waals surface area contributed by atoms with E-state index >= 15 is 4.39 Å². The maximum atomic E-state index is 15.0. The molecule has 0 spiro atoms. The molecule has 2 aromatic heterocycles. The zero-order valence-corrected chi connectivity index (χ0v) is 23.5. The largest absolute Gasteiger partial charge is 0.469 e. The van der Waals surface area contributed by atoms with Gasteiger partial charge in [0.25, 0.3) is 5.56 Å². The summed E-state index contributed by atoms with van der Waals surface area (Å²) in [7, 11) is -2.76. The highest BCUT2D eigenvalue weighted by molar-refractivity contribution is 7.89. The highest BCUT2D eigenvalue weighted by atomic mass is 32.2. The van der Waals surface area contributed by atoms with Gasteiger partial charge in [-0.05, 0) is 48.9 Å². The zero-order valence-electron chi connectivity index (χ0n) is 22.7. The minimum Gasteiger partial charge on any atom is -0.469 e. The molecule has 216 valence electrons. The molecule has 0 saturated carbocycles. The summed E-state index contributed by atoms with van der Waals surface area (Å²) in [4.78, 5) is 42.5. The Morgan fingerprint density at radius 2 is 2.05 bits per heavy atom. The van der Waals surface area contributed by atoms with Crippen LogP contribution in [0.25, 0.3) is 22.3 Å². The molecule has 2 atom stereocenters. The Morgan fingerprint density at radius 3 is 2.76 bits per heavy atom. The van der Waals surface area contributed by atoms with Gasteiger partial charge in [0.2, 0.25) is 10.0 Å². The van der Waals surface area contributed by atoms with Gasteiger partial charge in [0.15, 0.2) is 5.60 Å². The maximum absolute atomic E-state index is 15.0. The minimum absolute atomic E-state index is 0.0196. The van der Waals surface area contributed by atoms with Crippen molar-refractivity contribution in [1.29, 1.82) is 0 Å². The van der Waals surface area contributed by atoms with Crippen molar-refractivity contribution >= 4 is 32.9 Å². The maximum Gasteiger partial charge on any atom is 0.343 e. The number of rotatable bonds is 6. The Morgan fingerprint density at radius 1 is 1.29 bits per heavy atom. The average Bonchev–Trinajstić information content (AvgIpc) is 3.31. The first-order valence-electron chi connectivity index (χ1n) is 13.3. The fourth-order valence-electron chi connectivity index (χ4n) is 6.27. The fourth-order valence-corrected chi connectivity index (χ4v) is 7.49. The third-order valence-corrected chi connectivity index (χ3v) is 9.89. The second kappa shape index (κ2) is 9.43. The highest BCUT2D eigenvalue weighted by Crippen LogP contribution is 2.46. The quantitative estimate of drug-likeness (QED) is 0.324. The summed E-state index contributed by atoms with van der Waals surface area (Å²) in [5.74, 6) is -2.43. The van der Waals surface area contributed by atoms with E-state index in [1.54, 1.807) is 19.9 Å². The predicted octanol–water partition coefficient (Wildman–Crippen LogP) is 2.00. The number of sulfonamides is 1. The van der Waals surface area contributed by atoms with Crippen molar-refractivity contribution < 1.29 is 37.0 Å². The van der Waals surface area contributed by atoms with Crippen LogP contribution in [0.5, 0.6) is 0 Å². The third kappa shape index (κ3) is 4.09. The fraction of sp³-hybridized carbons (Fsp3) is 0.429. The molecule has 41 heavy (non-hydrogen) atoms. The molecule has 0 amide bonds. The van der Waals surface area contributed by atoms with Crippen LogP contribution in [0.15, 0.2) is 16.9 Å². The van der Waals surface area contributed by atoms with Gasteiger partial charge in [0.1, 0.15) is 12.4 Å². The second-order valence-corrected chi connectivity index (χ2v) is 12.5. The molecule has 0 bridgehead atoms. The number of carbonyl (C=O) groups excluding carboxylic acids is 2. The van der Waals surface area contributed by atoms with Gasteiger partial charge in [-0.15, -0.1) is 0 Å². The summed E-state index contributed by atoms with van der Waals surface area (Å²) in [6.07, 6.45) is 0.368. The molecule has 3 aromatic rings. The van der Waals surface area contributed by atoms with E-state index in [1.807, 2.05) is 0 Å². The molecule has 4 heterocycles. The van der Waals surface area contributed by atoms with Crippen LogP contribution < -0.4 is 10.3 Å². The van der Waals surface area contributed by atoms with Gasteiger partial charge in [-0.2, -0.15) is 0 Å². The molecule has 1 aromatic carbocycles. The number of carbonyl (C=O) groups is 2. The van der Waals surface area contributed by atoms with Gasteiger partial charge < -0.3 is 19.1 Å². The summed E-state index contributed by atoms with van der Waals surface area (Å²) in [6, 6.07) is 2.12. The number of pyridine rings is 2. The number of hydrogen-bond donors (Lipinski definition) is 2. The van der Waals surface area contributed by atoms with Gasteiger partial charge >= 0.3 is 11.9 Å². The van der Waals surface area contributed by atoms with Crippen LogP contribution in [0.2, 0.25) is 0 Å². The SMILES string of the molecule is CC[C@@]1(O)C(=O)OCc2c1cc1n(c2=O)Cc2c-1nc1cc(F)c(C)c3c1c2[C@@H](NS(=O)(=O)CCC(=O)OC)CC3. The Hall–Kier alpha value is -3.68. The van der Waals surface area contributed by atoms with Crippen molar-refractivity contribution in [1.82, 2.24) is 14.3 Å². The predicted molar refractivity (Wildman–Crippen MR) is 144 cm³/mol. The van der Waals surface area contributed by atoms with Gasteiger partial charge in [-0.3, -0.25) is 9.59 Å². The molecule has 11 nitrogen and oxygen atoms in total. The van der Waals surface area contributed by atoms with Crippen molar-refractivity contribution in [2.45, 2.75) is 64.3 Å². The number of halogens is 1. The van der Waals surface area contributed by atoms with Crippen LogP contribution in [-0.2, 0) is 54.3 Å². The monoisotopic (exact) mass is 585 g/mol. The number of nitrogens with one attached hydrogen (secondary N) is 1. The van der Waals surface area contributed by atoms with E-state index in [4.69, 9.17) is 9.72 Å². The minimum atomic E-state index is -3.94. The first-order chi connectivity index (χ1) is 19.4. The standard InChI is InChI=1S/C28H28FN3O8S/c1-4-28(36)17-9-21-25-15(11-32(21)26(34)16(17)12-40-27(28)35)24-19(31-41(37,38)8-7-22(33)39-3)6-5-14-13(2)18(29)10-20(30-25)23(14)24/h9-10,19,31,36H,4-8,11-12H2,1-3H3/t19-,28-/m0/s1. The third-order valence-electron chi connectivity index (χ3n) is 8.50. The smallest absolute Gasteiger partial charge is 0.343 e. The van der Waals surface area contributed by atoms with E-state index < -0.39 is 50.7 Å². The van der Waals surface area contributed by atoms with E-state index in [0.717, 1.165) is 5.56 Å². The summed E-state index contributed by atoms with van der Waals surface area (Å²) in [5, 5.41) is 11.8. The zero-order chi connectivity index (χ0) is 29.4. The van der Waals surface area contributed by atoms with Crippen molar-refractivity contribution in [3.05, 3.63) is 61.7 Å². The Balaban J connectivity index is 1.57. The Labute approximate surface area is 234 Å². The first-order valence-corrected chi connectivity index (χ1v) is 14.9. The Kier molecular flexibility index (Phi) is 6.32. The molecule has 0 unspecified atom stereocenters. The lowest BCUT2D eigenvalue weighted by atomic mass is 9.82. The lowest BCUT2D eigenvalue weighted by molar-refractivity contribution is -0.172. The number of aromatic nitrogens is 2. The van der Waals surface area contributed by atoms with Crippen LogP contribution in [0.4, 0.5) is 4.39 Å². The number of esters is 2. The van der Waals surface area contributed by atoms with Crippen molar-refractivity contribution in [2.75, 3.05) is 12.9 Å². The molecule has 2 N–H and O–H groups in total. The van der Waals surface area contributed by atoms with E-state index in [1.165, 1.54) is 17.7 Å². The van der Waals surface area contributed by atoms with Crippen LogP contribution in [0.3, 0.4) is 0 Å². The highest BCUT2D eigenvalue weighted by Gasteiger charge is 2.46. The molecular formula is C28H28FN3O8S. The van der Waals surface area contributed by atoms with Gasteiger partial charge in [0.05, 0.1) is 48.3 Å². The first kappa shape index (κ1) is 27.5. The number of hydrogen-bond acceptors (Lipinski definition) is 9. The molecule has 1 aliphatic carbocycles. The average molecular weight is 586 g/mol. The summed E-state index contributed by atoms with van der Waals surface area (Å²) in [5.41, 5.74) is 1.17. The lowest BCUT2D eigenvalue weighted by Crippen LogP contribution is -2.44. The second-order valence-electron chi connectivity index (χ2n) is 10.7. The number of aliphatic hydroxyl groups is 1. The van der Waals surface area contributed by atoms with Crippen LogP contribution >= 0.6 is 0 Å². The normalized spacial score (nSPS) is 20.8. The molecule has 0 saturated heterocycles. The molecule has 0 radical (unpaired) electrons. The molecule has 3 aliphatic rings. The number of cyclic esters (lactones) is 1. The van der Waals surface area contributed by atoms with Gasteiger partial charge in [-0.1, -0.05) is 6.92 Å². The Bertz CT molecular complexity index is 1850. The van der Waals surface area contributed by atoms with Crippen molar-refractivity contribution in [2.24, 2.45) is 0 Å². The van der Waals surface area contributed by atoms with E-state index in [2.05, 4.69) is 9.46 Å². The van der Waals surface area contributed by atoms with Crippen LogP contribution in [-0.4, -0.2) is 47.9 Å². The number of benzene rings is 1. The molecule has 6 rings (SSSR count). The number of nitrogens with zero attached hydrogens (tertiary/aromatic N) is 2. The van der Waals surface area contributed by atoms with Gasteiger partial charge in [0, 0.05) is 28.6 Å². The van der Waals surface area contributed by atoms with Gasteiger partial charge in [-0.25, -0.2) is 27.3 Å². The number of methoxy groups -OCH3 is 1. The van der Waals surface area contributed by atoms with Crippen molar-refractivity contribution in [3.8, 4) is 11.4 Å².